The Morgan fingerprint density at radius 1 is 0.667 bits per heavy atom. The molecule has 4 rings (SSSR count). The van der Waals surface area contributed by atoms with Crippen LogP contribution in [-0.2, 0) is 48.0 Å². The zero-order valence-electron chi connectivity index (χ0n) is 36.1. The number of hydrogen-bond acceptors (Lipinski definition) is 9. The molecular weight excluding hydrogens is 805 g/mol. The first kappa shape index (κ1) is 48.9. The van der Waals surface area contributed by atoms with E-state index < -0.39 is 53.8 Å². The molecule has 5 amide bonds. The lowest BCUT2D eigenvalue weighted by Crippen LogP contribution is -2.54. The Morgan fingerprint density at radius 2 is 1.24 bits per heavy atom. The van der Waals surface area contributed by atoms with Crippen LogP contribution in [0.25, 0.3) is 11.1 Å². The Bertz CT molecular complexity index is 2130. The average Bonchev–Trinajstić information content (AvgIpc) is 3.26. The van der Waals surface area contributed by atoms with E-state index in [2.05, 4.69) is 52.5 Å². The molecule has 0 heterocycles. The van der Waals surface area contributed by atoms with Crippen LogP contribution < -0.4 is 27.0 Å². The maximum atomic E-state index is 14.2. The highest BCUT2D eigenvalue weighted by atomic mass is 16.4. The fraction of sp³-hybridized carbons (Fsp3) is 0.375. The zero-order chi connectivity index (χ0) is 45.9. The van der Waals surface area contributed by atoms with Crippen molar-refractivity contribution in [3.63, 3.8) is 0 Å². The lowest BCUT2D eigenvalue weighted by Gasteiger charge is -2.32. The number of carboxylic acid groups (broad SMARTS) is 1. The van der Waals surface area contributed by atoms with Crippen molar-refractivity contribution in [1.82, 2.24) is 26.2 Å². The second-order valence-electron chi connectivity index (χ2n) is 15.6. The summed E-state index contributed by atoms with van der Waals surface area (Å²) in [7, 11) is 1.38. The molecule has 0 aliphatic rings. The van der Waals surface area contributed by atoms with E-state index in [1.807, 2.05) is 24.3 Å². The largest absolute Gasteiger partial charge is 0.508 e. The monoisotopic (exact) mass is 864 g/mol. The van der Waals surface area contributed by atoms with Crippen LogP contribution in [-0.4, -0.2) is 94.0 Å². The molecule has 0 aromatic heterocycles. The number of carboxylic acids is 1. The standard InChI is InChI=1S/C48H60N6O9/c1-4-5-8-32-10-16-35(17-11-32)36-18-12-34(13-19-36)30-43(58)50-28-26-42(57)52-40(9-6-7-27-49)47(61)54(3)44(37-20-24-39(56)25-21-37)46(60)51-31(2)45(59)53-41(48(62)63)29-33-14-22-38(55)23-15-33/h10-25,31,40-41,44,55-56H,4-9,26-30,49H2,1-3H3,(H,50,58)(H,51,60)(H,52,57)(H,53,59)(H,62,63)/t31-,40-,41-,44-/m0/s1. The van der Waals surface area contributed by atoms with Gasteiger partial charge in [-0.1, -0.05) is 86.1 Å². The number of aryl methyl sites for hydroxylation is 1. The van der Waals surface area contributed by atoms with Crippen molar-refractivity contribution < 1.29 is 44.1 Å². The molecule has 0 bridgehead atoms. The summed E-state index contributed by atoms with van der Waals surface area (Å²) in [5, 5.41) is 39.9. The molecule has 15 heteroatoms. The number of likely N-dealkylation sites (N-methyl/N-ethyl adjacent to an activating group) is 1. The third-order valence-electron chi connectivity index (χ3n) is 10.6. The number of aromatic hydroxyl groups is 2. The summed E-state index contributed by atoms with van der Waals surface area (Å²) in [6, 6.07) is 22.6. The number of phenols is 2. The van der Waals surface area contributed by atoms with Crippen molar-refractivity contribution in [2.45, 2.75) is 95.8 Å². The van der Waals surface area contributed by atoms with E-state index in [9.17, 15) is 44.1 Å². The maximum Gasteiger partial charge on any atom is 0.326 e. The molecule has 9 N–H and O–H groups in total. The van der Waals surface area contributed by atoms with E-state index in [0.29, 0.717) is 24.9 Å². The second-order valence-corrected chi connectivity index (χ2v) is 15.6. The Morgan fingerprint density at radius 3 is 1.81 bits per heavy atom. The maximum absolute atomic E-state index is 14.2. The normalized spacial score (nSPS) is 12.8. The van der Waals surface area contributed by atoms with Gasteiger partial charge < -0.3 is 47.2 Å². The number of hydrogen-bond donors (Lipinski definition) is 8. The quantitative estimate of drug-likeness (QED) is 0.0465. The highest BCUT2D eigenvalue weighted by Gasteiger charge is 2.35. The molecule has 0 spiro atoms. The topological polar surface area (TPSA) is 240 Å². The van der Waals surface area contributed by atoms with Crippen LogP contribution in [0.3, 0.4) is 0 Å². The van der Waals surface area contributed by atoms with Crippen LogP contribution in [0, 0.1) is 0 Å². The number of carbonyl (C=O) groups is 6. The number of amides is 5. The van der Waals surface area contributed by atoms with Gasteiger partial charge in [-0.15, -0.1) is 0 Å². The summed E-state index contributed by atoms with van der Waals surface area (Å²) in [6.07, 6.45) is 4.47. The number of nitrogens with two attached hydrogens (primary N) is 1. The molecule has 0 saturated heterocycles. The minimum atomic E-state index is -1.36. The van der Waals surface area contributed by atoms with Gasteiger partial charge in [0, 0.05) is 26.4 Å². The van der Waals surface area contributed by atoms with Crippen LogP contribution in [0.1, 0.15) is 80.7 Å². The molecule has 0 aliphatic heterocycles. The van der Waals surface area contributed by atoms with Gasteiger partial charge in [0.05, 0.1) is 6.42 Å². The van der Waals surface area contributed by atoms with Gasteiger partial charge in [-0.25, -0.2) is 4.79 Å². The molecule has 15 nitrogen and oxygen atoms in total. The van der Waals surface area contributed by atoms with Gasteiger partial charge in [0.25, 0.3) is 0 Å². The minimum Gasteiger partial charge on any atom is -0.508 e. The SMILES string of the molecule is CCCCc1ccc(-c2ccc(CC(=O)NCCC(=O)N[C@@H](CCCCN)C(=O)N(C)[C@H](C(=O)N[C@@H](C)C(=O)N[C@@H](Cc3ccc(O)cc3)C(=O)O)c3ccc(O)cc3)cc2)cc1. The molecule has 0 unspecified atom stereocenters. The van der Waals surface area contributed by atoms with E-state index in [-0.39, 0.29) is 55.2 Å². The van der Waals surface area contributed by atoms with Gasteiger partial charge in [0.15, 0.2) is 0 Å². The Hall–Kier alpha value is -6.74. The molecule has 0 fully saturated rings. The van der Waals surface area contributed by atoms with Crippen LogP contribution in [0.5, 0.6) is 11.5 Å². The van der Waals surface area contributed by atoms with Crippen LogP contribution >= 0.6 is 0 Å². The summed E-state index contributed by atoms with van der Waals surface area (Å²) in [6.45, 7) is 3.90. The van der Waals surface area contributed by atoms with Gasteiger partial charge in [-0.05, 0) is 103 Å². The summed E-state index contributed by atoms with van der Waals surface area (Å²) in [4.78, 5) is 80.6. The van der Waals surface area contributed by atoms with Crippen LogP contribution in [0.15, 0.2) is 97.1 Å². The third-order valence-corrected chi connectivity index (χ3v) is 10.6. The average molecular weight is 865 g/mol. The number of nitrogens with zero attached hydrogens (tertiary/aromatic N) is 1. The lowest BCUT2D eigenvalue weighted by molar-refractivity contribution is -0.144. The zero-order valence-corrected chi connectivity index (χ0v) is 36.1. The van der Waals surface area contributed by atoms with E-state index in [1.165, 1.54) is 68.1 Å². The third kappa shape index (κ3) is 15.6. The summed E-state index contributed by atoms with van der Waals surface area (Å²) in [5.74, 6) is -4.39. The molecule has 4 aromatic carbocycles. The fourth-order valence-electron chi connectivity index (χ4n) is 6.94. The minimum absolute atomic E-state index is 0.00370. The number of nitrogens with one attached hydrogen (secondary N) is 4. The predicted molar refractivity (Wildman–Crippen MR) is 239 cm³/mol. The molecule has 63 heavy (non-hydrogen) atoms. The molecule has 0 aliphatic carbocycles. The Labute approximate surface area is 368 Å². The smallest absolute Gasteiger partial charge is 0.326 e. The van der Waals surface area contributed by atoms with Gasteiger partial charge in [0.1, 0.15) is 35.7 Å². The lowest BCUT2D eigenvalue weighted by atomic mass is 10.00. The van der Waals surface area contributed by atoms with E-state index >= 15 is 0 Å². The molecule has 336 valence electrons. The highest BCUT2D eigenvalue weighted by molar-refractivity contribution is 5.95. The fourth-order valence-corrected chi connectivity index (χ4v) is 6.94. The van der Waals surface area contributed by atoms with Crippen molar-refractivity contribution in [2.24, 2.45) is 5.73 Å². The number of carbonyl (C=O) groups excluding carboxylic acids is 5. The van der Waals surface area contributed by atoms with Crippen molar-refractivity contribution in [1.29, 1.82) is 0 Å². The number of unbranched alkanes of at least 4 members (excludes halogenated alkanes) is 2. The first-order chi connectivity index (χ1) is 30.2. The van der Waals surface area contributed by atoms with E-state index in [0.717, 1.165) is 40.9 Å². The summed E-state index contributed by atoms with van der Waals surface area (Å²) < 4.78 is 0. The molecule has 0 radical (unpaired) electrons. The van der Waals surface area contributed by atoms with Crippen LogP contribution in [0.4, 0.5) is 0 Å². The first-order valence-electron chi connectivity index (χ1n) is 21.3. The van der Waals surface area contributed by atoms with Crippen molar-refractivity contribution in [3.05, 3.63) is 119 Å². The Balaban J connectivity index is 1.37. The first-order valence-corrected chi connectivity index (χ1v) is 21.3. The molecule has 4 aromatic rings. The predicted octanol–water partition coefficient (Wildman–Crippen LogP) is 4.29. The summed E-state index contributed by atoms with van der Waals surface area (Å²) in [5.41, 5.74) is 10.8. The van der Waals surface area contributed by atoms with Crippen LogP contribution in [0.2, 0.25) is 0 Å². The second kappa shape index (κ2) is 24.6. The van der Waals surface area contributed by atoms with Crippen molar-refractivity contribution in [3.8, 4) is 22.6 Å². The summed E-state index contributed by atoms with van der Waals surface area (Å²) >= 11 is 0. The highest BCUT2D eigenvalue weighted by Crippen LogP contribution is 2.25. The van der Waals surface area contributed by atoms with Crippen molar-refractivity contribution in [2.75, 3.05) is 20.1 Å². The number of rotatable bonds is 24. The number of aliphatic carboxylic acids is 1. The van der Waals surface area contributed by atoms with Gasteiger partial charge in [-0.2, -0.15) is 0 Å². The number of phenolic OH excluding ortho intramolecular Hbond substituents is 2. The van der Waals surface area contributed by atoms with E-state index in [1.54, 1.807) is 0 Å². The van der Waals surface area contributed by atoms with E-state index in [4.69, 9.17) is 5.73 Å². The Kier molecular flexibility index (Phi) is 19.1. The molecular formula is C48H60N6O9. The number of benzene rings is 4. The van der Waals surface area contributed by atoms with Crippen molar-refractivity contribution >= 4 is 35.5 Å². The van der Waals surface area contributed by atoms with Gasteiger partial charge >= 0.3 is 5.97 Å². The molecule has 0 saturated carbocycles. The van der Waals surface area contributed by atoms with Gasteiger partial charge in [-0.3, -0.25) is 24.0 Å². The van der Waals surface area contributed by atoms with Gasteiger partial charge in [0.2, 0.25) is 29.5 Å². The molecule has 4 atom stereocenters.